The molecule has 0 amide bonds. The first-order valence-corrected chi connectivity index (χ1v) is 5.83. The first kappa shape index (κ1) is 12.4. The minimum Gasteiger partial charge on any atom is -0.389 e. The Labute approximate surface area is 110 Å². The summed E-state index contributed by atoms with van der Waals surface area (Å²) in [5.41, 5.74) is 7.27. The minimum atomic E-state index is 0.363. The fraction of sp³-hybridized carbons (Fsp3) is 0.273. The molecule has 2 aromatic rings. The molecular weight excluding hydrogens is 250 g/mol. The van der Waals surface area contributed by atoms with Gasteiger partial charge in [-0.2, -0.15) is 4.98 Å². The summed E-state index contributed by atoms with van der Waals surface area (Å²) in [6, 6.07) is 3.68. The van der Waals surface area contributed by atoms with Crippen molar-refractivity contribution in [2.24, 2.45) is 5.73 Å². The Morgan fingerprint density at radius 2 is 2.33 bits per heavy atom. The molecule has 0 aliphatic carbocycles. The van der Waals surface area contributed by atoms with E-state index in [1.807, 2.05) is 19.1 Å². The molecule has 0 saturated carbocycles. The van der Waals surface area contributed by atoms with Crippen LogP contribution in [0.5, 0.6) is 0 Å². The fourth-order valence-electron chi connectivity index (χ4n) is 1.51. The minimum absolute atomic E-state index is 0.363. The summed E-state index contributed by atoms with van der Waals surface area (Å²) in [5.74, 6) is 1.39. The van der Waals surface area contributed by atoms with Crippen LogP contribution in [0.2, 0.25) is 0 Å². The van der Waals surface area contributed by atoms with Gasteiger partial charge in [0.05, 0.1) is 0 Å². The van der Waals surface area contributed by atoms with Crippen molar-refractivity contribution >= 4 is 23.0 Å². The molecule has 0 aliphatic rings. The van der Waals surface area contributed by atoms with Gasteiger partial charge in [0.15, 0.2) is 5.82 Å². The van der Waals surface area contributed by atoms with E-state index in [9.17, 15) is 0 Å². The predicted octanol–water partition coefficient (Wildman–Crippen LogP) is 1.06. The fourth-order valence-corrected chi connectivity index (χ4v) is 1.62. The van der Waals surface area contributed by atoms with Crippen LogP contribution in [-0.4, -0.2) is 26.7 Å². The second-order valence-corrected chi connectivity index (χ2v) is 4.21. The lowest BCUT2D eigenvalue weighted by atomic mass is 10.2. The SMILES string of the molecule is Cc1cc(C(N)=S)cc(NCCc2ncon2)n1. The molecule has 0 atom stereocenters. The number of anilines is 1. The number of pyridine rings is 1. The molecule has 6 nitrogen and oxygen atoms in total. The monoisotopic (exact) mass is 263 g/mol. The van der Waals surface area contributed by atoms with Crippen LogP contribution in [0.3, 0.4) is 0 Å². The van der Waals surface area contributed by atoms with Gasteiger partial charge in [-0.3, -0.25) is 0 Å². The van der Waals surface area contributed by atoms with Crippen LogP contribution in [0.4, 0.5) is 5.82 Å². The lowest BCUT2D eigenvalue weighted by Gasteiger charge is -2.07. The van der Waals surface area contributed by atoms with E-state index < -0.39 is 0 Å². The molecule has 2 heterocycles. The highest BCUT2D eigenvalue weighted by Crippen LogP contribution is 2.10. The van der Waals surface area contributed by atoms with Gasteiger partial charge in [-0.15, -0.1) is 0 Å². The highest BCUT2D eigenvalue weighted by Gasteiger charge is 2.03. The molecule has 0 aromatic carbocycles. The molecule has 2 aromatic heterocycles. The Bertz CT molecular complexity index is 540. The number of thiocarbonyl (C=S) groups is 1. The second kappa shape index (κ2) is 5.54. The van der Waals surface area contributed by atoms with Gasteiger partial charge in [0.2, 0.25) is 6.39 Å². The number of hydrogen-bond acceptors (Lipinski definition) is 6. The Morgan fingerprint density at radius 3 is 3.00 bits per heavy atom. The summed E-state index contributed by atoms with van der Waals surface area (Å²) < 4.78 is 4.65. The normalized spacial score (nSPS) is 10.3. The lowest BCUT2D eigenvalue weighted by Crippen LogP contribution is -2.12. The third-order valence-corrected chi connectivity index (χ3v) is 2.54. The summed E-state index contributed by atoms with van der Waals surface area (Å²) in [4.78, 5) is 8.64. The third kappa shape index (κ3) is 3.24. The van der Waals surface area contributed by atoms with Crippen LogP contribution in [0.15, 0.2) is 23.0 Å². The number of rotatable bonds is 5. The molecule has 3 N–H and O–H groups in total. The van der Waals surface area contributed by atoms with E-state index in [4.69, 9.17) is 18.0 Å². The Balaban J connectivity index is 1.98. The van der Waals surface area contributed by atoms with E-state index in [1.165, 1.54) is 6.39 Å². The van der Waals surface area contributed by atoms with Crippen molar-refractivity contribution in [1.29, 1.82) is 0 Å². The summed E-state index contributed by atoms with van der Waals surface area (Å²) in [7, 11) is 0. The molecule has 18 heavy (non-hydrogen) atoms. The van der Waals surface area contributed by atoms with Crippen molar-refractivity contribution in [2.45, 2.75) is 13.3 Å². The third-order valence-electron chi connectivity index (χ3n) is 2.30. The van der Waals surface area contributed by atoms with Gasteiger partial charge in [-0.1, -0.05) is 17.4 Å². The van der Waals surface area contributed by atoms with E-state index in [0.717, 1.165) is 17.1 Å². The van der Waals surface area contributed by atoms with Gasteiger partial charge in [-0.25, -0.2) is 4.98 Å². The van der Waals surface area contributed by atoms with Crippen LogP contribution in [0, 0.1) is 6.92 Å². The summed E-state index contributed by atoms with van der Waals surface area (Å²) >= 11 is 4.95. The number of hydrogen-bond donors (Lipinski definition) is 2. The quantitative estimate of drug-likeness (QED) is 0.779. The lowest BCUT2D eigenvalue weighted by molar-refractivity contribution is 0.410. The topological polar surface area (TPSA) is 89.9 Å². The van der Waals surface area contributed by atoms with E-state index in [-0.39, 0.29) is 0 Å². The first-order valence-electron chi connectivity index (χ1n) is 5.43. The van der Waals surface area contributed by atoms with Gasteiger partial charge < -0.3 is 15.6 Å². The first-order chi connectivity index (χ1) is 8.65. The van der Waals surface area contributed by atoms with Crippen molar-refractivity contribution in [3.8, 4) is 0 Å². The molecule has 0 saturated heterocycles. The standard InChI is InChI=1S/C11H13N5OS/c1-7-4-8(11(12)18)5-10(15-7)13-3-2-9-14-6-17-16-9/h4-6H,2-3H2,1H3,(H2,12,18)(H,13,15). The van der Waals surface area contributed by atoms with Crippen molar-refractivity contribution in [3.63, 3.8) is 0 Å². The maximum atomic E-state index is 5.60. The zero-order chi connectivity index (χ0) is 13.0. The van der Waals surface area contributed by atoms with Crippen LogP contribution < -0.4 is 11.1 Å². The number of nitrogens with zero attached hydrogens (tertiary/aromatic N) is 3. The summed E-state index contributed by atoms with van der Waals surface area (Å²) in [5, 5.41) is 6.89. The summed E-state index contributed by atoms with van der Waals surface area (Å²) in [6.45, 7) is 2.55. The highest BCUT2D eigenvalue weighted by atomic mass is 32.1. The van der Waals surface area contributed by atoms with E-state index >= 15 is 0 Å². The van der Waals surface area contributed by atoms with Crippen LogP contribution >= 0.6 is 12.2 Å². The zero-order valence-electron chi connectivity index (χ0n) is 9.88. The molecular formula is C11H13N5OS. The number of aryl methyl sites for hydroxylation is 1. The van der Waals surface area contributed by atoms with E-state index in [0.29, 0.717) is 23.8 Å². The second-order valence-electron chi connectivity index (χ2n) is 3.77. The molecule has 0 radical (unpaired) electrons. The van der Waals surface area contributed by atoms with Gasteiger partial charge >= 0.3 is 0 Å². The molecule has 0 fully saturated rings. The smallest absolute Gasteiger partial charge is 0.213 e. The Hall–Kier alpha value is -2.02. The number of nitrogens with two attached hydrogens (primary N) is 1. The van der Waals surface area contributed by atoms with Gasteiger partial charge in [0.1, 0.15) is 10.8 Å². The molecule has 94 valence electrons. The van der Waals surface area contributed by atoms with E-state index in [1.54, 1.807) is 0 Å². The van der Waals surface area contributed by atoms with Crippen molar-refractivity contribution in [1.82, 2.24) is 15.1 Å². The largest absolute Gasteiger partial charge is 0.389 e. The molecule has 0 bridgehead atoms. The number of nitrogens with one attached hydrogen (secondary N) is 1. The molecule has 7 heteroatoms. The van der Waals surface area contributed by atoms with Gasteiger partial charge in [-0.05, 0) is 19.1 Å². The molecule has 0 spiro atoms. The van der Waals surface area contributed by atoms with E-state index in [2.05, 4.69) is 25.0 Å². The summed E-state index contributed by atoms with van der Waals surface area (Å²) in [6.07, 6.45) is 1.97. The maximum absolute atomic E-state index is 5.60. The van der Waals surface area contributed by atoms with Crippen molar-refractivity contribution < 1.29 is 4.52 Å². The molecule has 0 aliphatic heterocycles. The van der Waals surface area contributed by atoms with Crippen molar-refractivity contribution in [2.75, 3.05) is 11.9 Å². The highest BCUT2D eigenvalue weighted by molar-refractivity contribution is 7.80. The van der Waals surface area contributed by atoms with Crippen LogP contribution in [0.25, 0.3) is 0 Å². The maximum Gasteiger partial charge on any atom is 0.213 e. The van der Waals surface area contributed by atoms with Gasteiger partial charge in [0.25, 0.3) is 0 Å². The predicted molar refractivity (Wildman–Crippen MR) is 71.4 cm³/mol. The van der Waals surface area contributed by atoms with Crippen molar-refractivity contribution in [3.05, 3.63) is 35.6 Å². The average molecular weight is 263 g/mol. The molecule has 0 unspecified atom stereocenters. The Kier molecular flexibility index (Phi) is 3.83. The number of aromatic nitrogens is 3. The Morgan fingerprint density at radius 1 is 1.50 bits per heavy atom. The average Bonchev–Trinajstić information content (AvgIpc) is 2.81. The molecule has 2 rings (SSSR count). The zero-order valence-corrected chi connectivity index (χ0v) is 10.7. The van der Waals surface area contributed by atoms with Gasteiger partial charge in [0, 0.05) is 24.2 Å². The van der Waals surface area contributed by atoms with Crippen LogP contribution in [0.1, 0.15) is 17.1 Å². The van der Waals surface area contributed by atoms with Crippen LogP contribution in [-0.2, 0) is 6.42 Å².